The Kier molecular flexibility index (Phi) is 3.41. The van der Waals surface area contributed by atoms with Crippen molar-refractivity contribution in [1.29, 1.82) is 0 Å². The van der Waals surface area contributed by atoms with E-state index in [1.165, 1.54) is 5.56 Å². The van der Waals surface area contributed by atoms with E-state index < -0.39 is 7.12 Å². The topological polar surface area (TPSA) is 49.7 Å². The molecule has 1 aliphatic rings. The third-order valence-corrected chi connectivity index (χ3v) is 2.87. The third-order valence-electron chi connectivity index (χ3n) is 2.87. The van der Waals surface area contributed by atoms with Crippen LogP contribution < -0.4 is 5.46 Å². The van der Waals surface area contributed by atoms with Crippen LogP contribution in [-0.4, -0.2) is 30.4 Å². The molecule has 1 aromatic carbocycles. The van der Waals surface area contributed by atoms with Gasteiger partial charge in [-0.2, -0.15) is 0 Å². The zero-order chi connectivity index (χ0) is 10.7. The van der Waals surface area contributed by atoms with Gasteiger partial charge in [-0.05, 0) is 23.9 Å². The van der Waals surface area contributed by atoms with Crippen LogP contribution in [0.15, 0.2) is 24.3 Å². The summed E-state index contributed by atoms with van der Waals surface area (Å²) in [5.74, 6) is 0.462. The molecule has 0 spiro atoms. The molecule has 0 bridgehead atoms. The van der Waals surface area contributed by atoms with Crippen molar-refractivity contribution >= 4 is 12.6 Å². The van der Waals surface area contributed by atoms with Gasteiger partial charge in [0.2, 0.25) is 0 Å². The molecular formula is C11H15BO3. The van der Waals surface area contributed by atoms with Crippen molar-refractivity contribution in [2.45, 2.75) is 18.8 Å². The highest BCUT2D eigenvalue weighted by Crippen LogP contribution is 2.24. The summed E-state index contributed by atoms with van der Waals surface area (Å²) in [6, 6.07) is 7.42. The molecule has 1 aromatic rings. The van der Waals surface area contributed by atoms with Gasteiger partial charge in [-0.3, -0.25) is 0 Å². The Balaban J connectivity index is 2.08. The van der Waals surface area contributed by atoms with E-state index in [9.17, 15) is 0 Å². The first-order valence-corrected chi connectivity index (χ1v) is 5.31. The normalized spacial score (nSPS) is 21.3. The maximum absolute atomic E-state index is 8.96. The van der Waals surface area contributed by atoms with Crippen molar-refractivity contribution in [1.82, 2.24) is 0 Å². The molecule has 2 N–H and O–H groups in total. The molecule has 1 heterocycles. The summed E-state index contributed by atoms with van der Waals surface area (Å²) in [6.07, 6.45) is 2.26. The summed E-state index contributed by atoms with van der Waals surface area (Å²) in [7, 11) is -1.37. The van der Waals surface area contributed by atoms with Crippen molar-refractivity contribution in [3.05, 3.63) is 29.8 Å². The first kappa shape index (κ1) is 10.7. The lowest BCUT2D eigenvalue weighted by Gasteiger charge is -2.22. The van der Waals surface area contributed by atoms with E-state index in [2.05, 4.69) is 0 Å². The van der Waals surface area contributed by atoms with Crippen molar-refractivity contribution < 1.29 is 14.8 Å². The van der Waals surface area contributed by atoms with E-state index in [0.29, 0.717) is 11.4 Å². The van der Waals surface area contributed by atoms with Gasteiger partial charge in [-0.25, -0.2) is 0 Å². The zero-order valence-corrected chi connectivity index (χ0v) is 8.60. The Hall–Kier alpha value is -0.835. The lowest BCUT2D eigenvalue weighted by atomic mass is 9.79. The average molecular weight is 206 g/mol. The molecule has 1 fully saturated rings. The summed E-state index contributed by atoms with van der Waals surface area (Å²) >= 11 is 0. The fourth-order valence-electron chi connectivity index (χ4n) is 1.94. The van der Waals surface area contributed by atoms with Gasteiger partial charge < -0.3 is 14.8 Å². The molecule has 4 heteroatoms. The number of benzene rings is 1. The smallest absolute Gasteiger partial charge is 0.423 e. The van der Waals surface area contributed by atoms with Crippen molar-refractivity contribution in [2.75, 3.05) is 13.2 Å². The van der Waals surface area contributed by atoms with Crippen molar-refractivity contribution in [3.63, 3.8) is 0 Å². The van der Waals surface area contributed by atoms with Crippen LogP contribution in [0.3, 0.4) is 0 Å². The maximum atomic E-state index is 8.96. The van der Waals surface area contributed by atoms with E-state index in [1.54, 1.807) is 12.1 Å². The number of ether oxygens (including phenoxy) is 1. The highest BCUT2D eigenvalue weighted by Gasteiger charge is 2.17. The monoisotopic (exact) mass is 206 g/mol. The van der Waals surface area contributed by atoms with Crippen LogP contribution in [-0.2, 0) is 4.74 Å². The Morgan fingerprint density at radius 3 is 2.47 bits per heavy atom. The molecule has 1 unspecified atom stereocenters. The second kappa shape index (κ2) is 4.79. The largest absolute Gasteiger partial charge is 0.488 e. The first-order valence-electron chi connectivity index (χ1n) is 5.31. The quantitative estimate of drug-likeness (QED) is 0.682. The van der Waals surface area contributed by atoms with Gasteiger partial charge >= 0.3 is 7.12 Å². The van der Waals surface area contributed by atoms with Crippen LogP contribution in [0.2, 0.25) is 0 Å². The van der Waals surface area contributed by atoms with E-state index in [1.807, 2.05) is 12.1 Å². The molecule has 15 heavy (non-hydrogen) atoms. The molecule has 0 radical (unpaired) electrons. The van der Waals surface area contributed by atoms with E-state index >= 15 is 0 Å². The minimum absolute atomic E-state index is 0.462. The van der Waals surface area contributed by atoms with Crippen LogP contribution in [0.25, 0.3) is 0 Å². The molecule has 0 saturated carbocycles. The van der Waals surface area contributed by atoms with Crippen LogP contribution >= 0.6 is 0 Å². The Morgan fingerprint density at radius 2 is 1.93 bits per heavy atom. The molecular weight excluding hydrogens is 191 g/mol. The minimum atomic E-state index is -1.37. The summed E-state index contributed by atoms with van der Waals surface area (Å²) in [6.45, 7) is 1.64. The van der Waals surface area contributed by atoms with Gasteiger partial charge in [-0.15, -0.1) is 0 Å². The van der Waals surface area contributed by atoms with Crippen molar-refractivity contribution in [2.24, 2.45) is 0 Å². The SMILES string of the molecule is OB(O)c1ccc(C2CCCOC2)cc1. The van der Waals surface area contributed by atoms with E-state index in [4.69, 9.17) is 14.8 Å². The molecule has 1 saturated heterocycles. The highest BCUT2D eigenvalue weighted by atomic mass is 16.5. The minimum Gasteiger partial charge on any atom is -0.423 e. The van der Waals surface area contributed by atoms with Gasteiger partial charge in [0.15, 0.2) is 0 Å². The lowest BCUT2D eigenvalue weighted by Crippen LogP contribution is -2.29. The summed E-state index contributed by atoms with van der Waals surface area (Å²) in [4.78, 5) is 0. The second-order valence-electron chi connectivity index (χ2n) is 3.95. The van der Waals surface area contributed by atoms with Gasteiger partial charge in [-0.1, -0.05) is 24.3 Å². The average Bonchev–Trinajstić information content (AvgIpc) is 2.30. The lowest BCUT2D eigenvalue weighted by molar-refractivity contribution is 0.0804. The second-order valence-corrected chi connectivity index (χ2v) is 3.95. The number of hydrogen-bond acceptors (Lipinski definition) is 3. The van der Waals surface area contributed by atoms with Gasteiger partial charge in [0.1, 0.15) is 0 Å². The maximum Gasteiger partial charge on any atom is 0.488 e. The predicted octanol–water partition coefficient (Wildman–Crippen LogP) is 0.260. The van der Waals surface area contributed by atoms with Crippen LogP contribution in [0.1, 0.15) is 24.3 Å². The zero-order valence-electron chi connectivity index (χ0n) is 8.60. The van der Waals surface area contributed by atoms with E-state index in [0.717, 1.165) is 26.1 Å². The summed E-state index contributed by atoms with van der Waals surface area (Å²) in [5, 5.41) is 17.9. The predicted molar refractivity (Wildman–Crippen MR) is 59.1 cm³/mol. The molecule has 0 aromatic heterocycles. The molecule has 1 atom stereocenters. The number of rotatable bonds is 2. The Morgan fingerprint density at radius 1 is 1.20 bits per heavy atom. The van der Waals surface area contributed by atoms with E-state index in [-0.39, 0.29) is 0 Å². The fraction of sp³-hybridized carbons (Fsp3) is 0.455. The fourth-order valence-corrected chi connectivity index (χ4v) is 1.94. The number of hydrogen-bond donors (Lipinski definition) is 2. The van der Waals surface area contributed by atoms with Gasteiger partial charge in [0, 0.05) is 12.5 Å². The highest BCUT2D eigenvalue weighted by molar-refractivity contribution is 6.58. The summed E-state index contributed by atoms with van der Waals surface area (Å²) < 4.78 is 5.42. The Bertz CT molecular complexity index is 304. The molecule has 0 amide bonds. The van der Waals surface area contributed by atoms with Crippen LogP contribution in [0, 0.1) is 0 Å². The Labute approximate surface area is 89.8 Å². The summed E-state index contributed by atoms with van der Waals surface area (Å²) in [5.41, 5.74) is 1.76. The van der Waals surface area contributed by atoms with Crippen LogP contribution in [0.4, 0.5) is 0 Å². The molecule has 2 rings (SSSR count). The third kappa shape index (κ3) is 2.59. The molecule has 0 aliphatic carbocycles. The molecule has 80 valence electrons. The molecule has 1 aliphatic heterocycles. The molecule has 3 nitrogen and oxygen atoms in total. The van der Waals surface area contributed by atoms with Gasteiger partial charge in [0.25, 0.3) is 0 Å². The van der Waals surface area contributed by atoms with Crippen molar-refractivity contribution in [3.8, 4) is 0 Å². The first-order chi connectivity index (χ1) is 7.27. The van der Waals surface area contributed by atoms with Gasteiger partial charge in [0.05, 0.1) is 6.61 Å². The standard InChI is InChI=1S/C11H15BO3/c13-12(14)11-5-3-9(4-6-11)10-2-1-7-15-8-10/h3-6,10,13-14H,1-2,7-8H2. The van der Waals surface area contributed by atoms with Crippen LogP contribution in [0.5, 0.6) is 0 Å².